The van der Waals surface area contributed by atoms with Gasteiger partial charge in [0.1, 0.15) is 5.65 Å². The highest BCUT2D eigenvalue weighted by Gasteiger charge is 2.08. The molecular weight excluding hydrogens is 260 g/mol. The SMILES string of the molecule is CC[NH+](CC)CCn1c(=S)[nH]c2ncccc2c1=O. The maximum Gasteiger partial charge on any atom is 0.264 e. The molecule has 0 spiro atoms. The van der Waals surface area contributed by atoms with E-state index in [0.29, 0.717) is 22.3 Å². The van der Waals surface area contributed by atoms with Gasteiger partial charge in [0, 0.05) is 6.20 Å². The largest absolute Gasteiger partial charge is 0.334 e. The van der Waals surface area contributed by atoms with Gasteiger partial charge in [-0.15, -0.1) is 0 Å². The first-order valence-electron chi connectivity index (χ1n) is 6.58. The highest BCUT2D eigenvalue weighted by atomic mass is 32.1. The monoisotopic (exact) mass is 279 g/mol. The van der Waals surface area contributed by atoms with E-state index in [2.05, 4.69) is 23.8 Å². The minimum atomic E-state index is -0.0570. The van der Waals surface area contributed by atoms with E-state index < -0.39 is 0 Å². The molecule has 2 aromatic heterocycles. The van der Waals surface area contributed by atoms with E-state index in [-0.39, 0.29) is 5.56 Å². The molecule has 0 radical (unpaired) electrons. The van der Waals surface area contributed by atoms with E-state index in [1.165, 1.54) is 4.90 Å². The lowest BCUT2D eigenvalue weighted by molar-refractivity contribution is -0.897. The number of fused-ring (bicyclic) bond motifs is 1. The van der Waals surface area contributed by atoms with E-state index in [9.17, 15) is 4.79 Å². The summed E-state index contributed by atoms with van der Waals surface area (Å²) in [7, 11) is 0. The molecule has 0 saturated carbocycles. The first kappa shape index (κ1) is 13.9. The molecule has 0 unspecified atom stereocenters. The van der Waals surface area contributed by atoms with Crippen LogP contribution in [-0.2, 0) is 6.54 Å². The predicted molar refractivity (Wildman–Crippen MR) is 78.1 cm³/mol. The molecule has 2 heterocycles. The number of likely N-dealkylation sites (N-methyl/N-ethyl adjacent to an activating group) is 1. The second-order valence-corrected chi connectivity index (χ2v) is 4.88. The zero-order chi connectivity index (χ0) is 13.8. The lowest BCUT2D eigenvalue weighted by Crippen LogP contribution is -3.11. The summed E-state index contributed by atoms with van der Waals surface area (Å²) in [5.41, 5.74) is 0.502. The summed E-state index contributed by atoms with van der Waals surface area (Å²) < 4.78 is 2.08. The maximum atomic E-state index is 12.4. The summed E-state index contributed by atoms with van der Waals surface area (Å²) in [4.78, 5) is 21.0. The van der Waals surface area contributed by atoms with Crippen LogP contribution in [0, 0.1) is 4.77 Å². The van der Waals surface area contributed by atoms with Crippen LogP contribution in [0.15, 0.2) is 23.1 Å². The van der Waals surface area contributed by atoms with Crippen molar-refractivity contribution in [2.45, 2.75) is 20.4 Å². The number of nitrogens with zero attached hydrogens (tertiary/aromatic N) is 2. The summed E-state index contributed by atoms with van der Waals surface area (Å²) in [6.07, 6.45) is 1.65. The van der Waals surface area contributed by atoms with Crippen molar-refractivity contribution >= 4 is 23.3 Å². The van der Waals surface area contributed by atoms with Crippen LogP contribution < -0.4 is 10.5 Å². The molecule has 0 aromatic carbocycles. The summed E-state index contributed by atoms with van der Waals surface area (Å²) in [6.45, 7) is 7.93. The fraction of sp³-hybridized carbons (Fsp3) is 0.462. The molecule has 102 valence electrons. The minimum absolute atomic E-state index is 0.0570. The summed E-state index contributed by atoms with van der Waals surface area (Å²) in [5.74, 6) is 0. The Morgan fingerprint density at radius 2 is 2.16 bits per heavy atom. The molecule has 5 nitrogen and oxygen atoms in total. The van der Waals surface area contributed by atoms with Gasteiger partial charge in [-0.05, 0) is 38.2 Å². The number of hydrogen-bond acceptors (Lipinski definition) is 3. The Labute approximate surface area is 116 Å². The summed E-state index contributed by atoms with van der Waals surface area (Å²) >= 11 is 5.25. The molecule has 2 rings (SSSR count). The van der Waals surface area contributed by atoms with Gasteiger partial charge in [0.15, 0.2) is 4.77 Å². The molecule has 0 amide bonds. The Morgan fingerprint density at radius 1 is 1.42 bits per heavy atom. The number of rotatable bonds is 5. The second-order valence-electron chi connectivity index (χ2n) is 4.49. The molecule has 0 atom stereocenters. The Hall–Kier alpha value is -1.53. The zero-order valence-corrected chi connectivity index (χ0v) is 12.1. The van der Waals surface area contributed by atoms with Gasteiger partial charge in [-0.25, -0.2) is 4.98 Å². The average Bonchev–Trinajstić information content (AvgIpc) is 2.43. The van der Waals surface area contributed by atoms with Crippen molar-refractivity contribution in [3.63, 3.8) is 0 Å². The Balaban J connectivity index is 2.38. The van der Waals surface area contributed by atoms with Gasteiger partial charge in [-0.3, -0.25) is 9.36 Å². The van der Waals surface area contributed by atoms with Gasteiger partial charge >= 0.3 is 0 Å². The van der Waals surface area contributed by atoms with Gasteiger partial charge in [-0.1, -0.05) is 0 Å². The van der Waals surface area contributed by atoms with Crippen molar-refractivity contribution in [2.75, 3.05) is 19.6 Å². The number of aromatic nitrogens is 3. The first-order chi connectivity index (χ1) is 9.17. The molecule has 2 aromatic rings. The van der Waals surface area contributed by atoms with Crippen molar-refractivity contribution in [3.8, 4) is 0 Å². The van der Waals surface area contributed by atoms with E-state index >= 15 is 0 Å². The molecule has 0 fully saturated rings. The van der Waals surface area contributed by atoms with Crippen molar-refractivity contribution < 1.29 is 4.90 Å². The number of pyridine rings is 1. The molecule has 0 saturated heterocycles. The van der Waals surface area contributed by atoms with Crippen LogP contribution in [0.5, 0.6) is 0 Å². The molecule has 2 N–H and O–H groups in total. The first-order valence-corrected chi connectivity index (χ1v) is 6.99. The van der Waals surface area contributed by atoms with Crippen LogP contribution in [0.2, 0.25) is 0 Å². The summed E-state index contributed by atoms with van der Waals surface area (Å²) in [5, 5.41) is 0.589. The maximum absolute atomic E-state index is 12.4. The Morgan fingerprint density at radius 3 is 2.84 bits per heavy atom. The number of H-pyrrole nitrogens is 1. The molecular formula is C13H19N4OS+. The topological polar surface area (TPSA) is 55.1 Å². The van der Waals surface area contributed by atoms with E-state index in [4.69, 9.17) is 12.2 Å². The van der Waals surface area contributed by atoms with Gasteiger partial charge in [0.25, 0.3) is 5.56 Å². The van der Waals surface area contributed by atoms with E-state index in [0.717, 1.165) is 19.6 Å². The third-order valence-corrected chi connectivity index (χ3v) is 3.77. The van der Waals surface area contributed by atoms with E-state index in [1.54, 1.807) is 22.9 Å². The Kier molecular flexibility index (Phi) is 4.44. The normalized spacial score (nSPS) is 11.3. The fourth-order valence-electron chi connectivity index (χ4n) is 2.16. The summed E-state index contributed by atoms with van der Waals surface area (Å²) in [6, 6.07) is 3.54. The minimum Gasteiger partial charge on any atom is -0.334 e. The van der Waals surface area contributed by atoms with Crippen molar-refractivity contribution in [2.24, 2.45) is 0 Å². The number of hydrogen-bond donors (Lipinski definition) is 2. The van der Waals surface area contributed by atoms with Crippen LogP contribution in [0.1, 0.15) is 13.8 Å². The molecule has 19 heavy (non-hydrogen) atoms. The van der Waals surface area contributed by atoms with Crippen molar-refractivity contribution in [3.05, 3.63) is 33.5 Å². The highest BCUT2D eigenvalue weighted by Crippen LogP contribution is 2.01. The molecule has 6 heteroatoms. The van der Waals surface area contributed by atoms with Gasteiger partial charge in [-0.2, -0.15) is 0 Å². The number of aromatic amines is 1. The van der Waals surface area contributed by atoms with Gasteiger partial charge < -0.3 is 9.88 Å². The Bertz CT molecular complexity index is 672. The number of quaternary nitrogens is 1. The van der Waals surface area contributed by atoms with Crippen LogP contribution in [0.4, 0.5) is 0 Å². The zero-order valence-electron chi connectivity index (χ0n) is 11.3. The highest BCUT2D eigenvalue weighted by molar-refractivity contribution is 7.71. The smallest absolute Gasteiger partial charge is 0.264 e. The molecule has 0 aliphatic heterocycles. The predicted octanol–water partition coefficient (Wildman–Crippen LogP) is 0.379. The standard InChI is InChI=1S/C13H18N4OS/c1-3-16(4-2)8-9-17-12(18)10-6-5-7-14-11(10)15-13(17)19/h5-7H,3-4,8-9H2,1-2H3,(H,14,15,19)/p+1. The fourth-order valence-corrected chi connectivity index (χ4v) is 2.43. The lowest BCUT2D eigenvalue weighted by Gasteiger charge is -2.16. The quantitative estimate of drug-likeness (QED) is 0.778. The van der Waals surface area contributed by atoms with Crippen LogP contribution in [0.25, 0.3) is 11.0 Å². The van der Waals surface area contributed by atoms with E-state index in [1.807, 2.05) is 0 Å². The molecule has 0 aliphatic carbocycles. The average molecular weight is 279 g/mol. The lowest BCUT2D eigenvalue weighted by atomic mass is 10.3. The second kappa shape index (κ2) is 6.08. The van der Waals surface area contributed by atoms with Crippen LogP contribution >= 0.6 is 12.2 Å². The van der Waals surface area contributed by atoms with Gasteiger partial charge in [0.2, 0.25) is 0 Å². The van der Waals surface area contributed by atoms with Crippen molar-refractivity contribution in [1.29, 1.82) is 0 Å². The number of nitrogens with one attached hydrogen (secondary N) is 2. The van der Waals surface area contributed by atoms with Crippen LogP contribution in [0.3, 0.4) is 0 Å². The third kappa shape index (κ3) is 2.90. The van der Waals surface area contributed by atoms with Crippen LogP contribution in [-0.4, -0.2) is 34.2 Å². The van der Waals surface area contributed by atoms with Crippen molar-refractivity contribution in [1.82, 2.24) is 14.5 Å². The molecule has 0 aliphatic rings. The molecule has 0 bridgehead atoms. The third-order valence-electron chi connectivity index (χ3n) is 3.44. The van der Waals surface area contributed by atoms with Gasteiger partial charge in [0.05, 0.1) is 31.6 Å².